The fraction of sp³-hybridized carbons (Fsp3) is 0.643. The van der Waals surface area contributed by atoms with Gasteiger partial charge in [0.05, 0.1) is 6.54 Å². The zero-order valence-electron chi connectivity index (χ0n) is 12.2. The number of guanidine groups is 1. The standard InChI is InChI=1S/C14H25N3O.HI/c1-4-5-6-7-8-16-14(15)17-10-13-9-11(2)18-12(13)3;/h9H,4-8,10H2,1-3H3,(H3,15,16,17);1H. The van der Waals surface area contributed by atoms with Crippen LogP contribution in [0, 0.1) is 13.8 Å². The van der Waals surface area contributed by atoms with Crippen molar-refractivity contribution in [2.45, 2.75) is 53.0 Å². The third-order valence-corrected chi connectivity index (χ3v) is 2.90. The molecule has 0 unspecified atom stereocenters. The van der Waals surface area contributed by atoms with Crippen molar-refractivity contribution in [2.24, 2.45) is 10.7 Å². The molecule has 0 radical (unpaired) electrons. The van der Waals surface area contributed by atoms with Crippen LogP contribution in [0.15, 0.2) is 15.5 Å². The fourth-order valence-corrected chi connectivity index (χ4v) is 1.83. The number of nitrogens with zero attached hydrogens (tertiary/aromatic N) is 1. The average molecular weight is 379 g/mol. The molecule has 0 fully saturated rings. The van der Waals surface area contributed by atoms with Crippen LogP contribution < -0.4 is 11.1 Å². The average Bonchev–Trinajstić information content (AvgIpc) is 2.65. The highest BCUT2D eigenvalue weighted by molar-refractivity contribution is 14.0. The molecule has 0 aliphatic heterocycles. The molecule has 3 N–H and O–H groups in total. The molecule has 1 aromatic heterocycles. The quantitative estimate of drug-likeness (QED) is 0.330. The molecule has 110 valence electrons. The van der Waals surface area contributed by atoms with Crippen molar-refractivity contribution in [3.8, 4) is 0 Å². The van der Waals surface area contributed by atoms with E-state index in [9.17, 15) is 0 Å². The molecule has 1 aromatic rings. The smallest absolute Gasteiger partial charge is 0.188 e. The molecule has 1 rings (SSSR count). The Morgan fingerprint density at radius 3 is 2.63 bits per heavy atom. The minimum Gasteiger partial charge on any atom is -0.466 e. The number of aliphatic imine (C=N–C) groups is 1. The van der Waals surface area contributed by atoms with Crippen molar-refractivity contribution in [3.05, 3.63) is 23.2 Å². The first-order valence-corrected chi connectivity index (χ1v) is 6.73. The summed E-state index contributed by atoms with van der Waals surface area (Å²) in [5.41, 5.74) is 6.90. The minimum atomic E-state index is 0. The summed E-state index contributed by atoms with van der Waals surface area (Å²) in [5.74, 6) is 2.36. The largest absolute Gasteiger partial charge is 0.466 e. The van der Waals surface area contributed by atoms with Gasteiger partial charge in [0.2, 0.25) is 0 Å². The minimum absolute atomic E-state index is 0. The van der Waals surface area contributed by atoms with Gasteiger partial charge in [0.25, 0.3) is 0 Å². The summed E-state index contributed by atoms with van der Waals surface area (Å²) in [7, 11) is 0. The van der Waals surface area contributed by atoms with Gasteiger partial charge >= 0.3 is 0 Å². The van der Waals surface area contributed by atoms with Crippen molar-refractivity contribution in [3.63, 3.8) is 0 Å². The van der Waals surface area contributed by atoms with Gasteiger partial charge in [-0.2, -0.15) is 0 Å². The lowest BCUT2D eigenvalue weighted by Crippen LogP contribution is -2.32. The molecule has 4 nitrogen and oxygen atoms in total. The number of hydrogen-bond acceptors (Lipinski definition) is 2. The highest BCUT2D eigenvalue weighted by atomic mass is 127. The molecule has 0 aliphatic carbocycles. The molecule has 19 heavy (non-hydrogen) atoms. The zero-order valence-corrected chi connectivity index (χ0v) is 14.5. The third-order valence-electron chi connectivity index (χ3n) is 2.90. The van der Waals surface area contributed by atoms with Crippen LogP contribution in [-0.4, -0.2) is 12.5 Å². The van der Waals surface area contributed by atoms with Crippen molar-refractivity contribution in [1.82, 2.24) is 5.32 Å². The Kier molecular flexibility index (Phi) is 9.73. The number of nitrogens with two attached hydrogens (primary N) is 1. The van der Waals surface area contributed by atoms with Gasteiger partial charge in [0, 0.05) is 12.1 Å². The van der Waals surface area contributed by atoms with Gasteiger partial charge in [0.15, 0.2) is 5.96 Å². The van der Waals surface area contributed by atoms with Gasteiger partial charge in [-0.15, -0.1) is 24.0 Å². The number of hydrogen-bond donors (Lipinski definition) is 2. The Bertz CT molecular complexity index is 388. The summed E-state index contributed by atoms with van der Waals surface area (Å²) in [5, 5.41) is 3.14. The van der Waals surface area contributed by atoms with Crippen LogP contribution in [0.1, 0.15) is 49.7 Å². The summed E-state index contributed by atoms with van der Waals surface area (Å²) >= 11 is 0. The second-order valence-electron chi connectivity index (χ2n) is 4.63. The van der Waals surface area contributed by atoms with E-state index < -0.39 is 0 Å². The van der Waals surface area contributed by atoms with Crippen molar-refractivity contribution >= 4 is 29.9 Å². The van der Waals surface area contributed by atoms with Crippen LogP contribution in [0.3, 0.4) is 0 Å². The molecule has 0 bridgehead atoms. The summed E-state index contributed by atoms with van der Waals surface area (Å²) in [6, 6.07) is 2.01. The molecule has 0 saturated heterocycles. The summed E-state index contributed by atoms with van der Waals surface area (Å²) in [6.07, 6.45) is 4.93. The predicted molar refractivity (Wildman–Crippen MR) is 91.1 cm³/mol. The maximum Gasteiger partial charge on any atom is 0.188 e. The monoisotopic (exact) mass is 379 g/mol. The molecule has 0 aromatic carbocycles. The first-order chi connectivity index (χ1) is 8.63. The third kappa shape index (κ3) is 7.44. The van der Waals surface area contributed by atoms with E-state index in [1.165, 1.54) is 19.3 Å². The van der Waals surface area contributed by atoms with E-state index in [0.29, 0.717) is 12.5 Å². The second-order valence-corrected chi connectivity index (χ2v) is 4.63. The second kappa shape index (κ2) is 10.1. The van der Waals surface area contributed by atoms with Crippen molar-refractivity contribution in [2.75, 3.05) is 6.54 Å². The van der Waals surface area contributed by atoms with Crippen LogP contribution in [0.4, 0.5) is 0 Å². The first-order valence-electron chi connectivity index (χ1n) is 6.73. The molecule has 0 aliphatic rings. The Morgan fingerprint density at radius 1 is 1.32 bits per heavy atom. The number of aryl methyl sites for hydroxylation is 2. The Morgan fingerprint density at radius 2 is 2.05 bits per heavy atom. The Balaban J connectivity index is 0.00000324. The van der Waals surface area contributed by atoms with Crippen LogP contribution in [0.25, 0.3) is 0 Å². The van der Waals surface area contributed by atoms with E-state index in [2.05, 4.69) is 17.2 Å². The number of halogens is 1. The van der Waals surface area contributed by atoms with Gasteiger partial charge in [-0.25, -0.2) is 4.99 Å². The number of rotatable bonds is 7. The van der Waals surface area contributed by atoms with Crippen LogP contribution in [-0.2, 0) is 6.54 Å². The highest BCUT2D eigenvalue weighted by Gasteiger charge is 2.03. The maximum absolute atomic E-state index is 5.80. The molecule has 0 saturated carbocycles. The van der Waals surface area contributed by atoms with E-state index >= 15 is 0 Å². The normalized spacial score (nSPS) is 11.2. The number of nitrogens with one attached hydrogen (secondary N) is 1. The van der Waals surface area contributed by atoms with Gasteiger partial charge < -0.3 is 15.5 Å². The predicted octanol–water partition coefficient (Wildman–Crippen LogP) is 3.50. The molecular formula is C14H26IN3O. The Labute approximate surface area is 133 Å². The molecule has 0 amide bonds. The Hall–Kier alpha value is -0.720. The van der Waals surface area contributed by atoms with Crippen molar-refractivity contribution < 1.29 is 4.42 Å². The molecule has 5 heteroatoms. The summed E-state index contributed by atoms with van der Waals surface area (Å²) < 4.78 is 5.44. The molecule has 0 spiro atoms. The van der Waals surface area contributed by atoms with Gasteiger partial charge in [-0.1, -0.05) is 26.2 Å². The van der Waals surface area contributed by atoms with Crippen molar-refractivity contribution in [1.29, 1.82) is 0 Å². The molecule has 1 heterocycles. The first kappa shape index (κ1) is 18.3. The van der Waals surface area contributed by atoms with Gasteiger partial charge in [-0.3, -0.25) is 0 Å². The van der Waals surface area contributed by atoms with E-state index in [4.69, 9.17) is 10.2 Å². The van der Waals surface area contributed by atoms with Crippen LogP contribution in [0.2, 0.25) is 0 Å². The van der Waals surface area contributed by atoms with Crippen LogP contribution >= 0.6 is 24.0 Å². The maximum atomic E-state index is 5.80. The fourth-order valence-electron chi connectivity index (χ4n) is 1.83. The topological polar surface area (TPSA) is 63.5 Å². The number of unbranched alkanes of at least 4 members (excludes halogenated alkanes) is 3. The van der Waals surface area contributed by atoms with E-state index in [1.54, 1.807) is 0 Å². The lowest BCUT2D eigenvalue weighted by molar-refractivity contribution is 0.501. The summed E-state index contributed by atoms with van der Waals surface area (Å²) in [6.45, 7) is 7.58. The number of furan rings is 1. The van der Waals surface area contributed by atoms with Crippen LogP contribution in [0.5, 0.6) is 0 Å². The molecule has 0 atom stereocenters. The van der Waals surface area contributed by atoms with E-state index in [0.717, 1.165) is 30.0 Å². The van der Waals surface area contributed by atoms with E-state index in [-0.39, 0.29) is 24.0 Å². The molecular weight excluding hydrogens is 353 g/mol. The van der Waals surface area contributed by atoms with Gasteiger partial charge in [-0.05, 0) is 26.3 Å². The lowest BCUT2D eigenvalue weighted by atomic mass is 10.2. The van der Waals surface area contributed by atoms with E-state index in [1.807, 2.05) is 19.9 Å². The SMILES string of the molecule is CCCCCCNC(N)=NCc1cc(C)oc1C.I. The highest BCUT2D eigenvalue weighted by Crippen LogP contribution is 2.14. The van der Waals surface area contributed by atoms with Gasteiger partial charge in [0.1, 0.15) is 11.5 Å². The zero-order chi connectivity index (χ0) is 13.4. The summed E-state index contributed by atoms with van der Waals surface area (Å²) in [4.78, 5) is 4.31. The lowest BCUT2D eigenvalue weighted by Gasteiger charge is -2.04.